The minimum absolute atomic E-state index is 0. The summed E-state index contributed by atoms with van der Waals surface area (Å²) in [6, 6.07) is 0. The second kappa shape index (κ2) is 4.39. The largest absolute Gasteiger partial charge is 0.444 e. The van der Waals surface area contributed by atoms with E-state index in [1.807, 2.05) is 20.8 Å². The molecule has 1 N–H and O–H groups in total. The SMILES string of the molecule is CNC(=O)OC(C)(C)C.Cl. The van der Waals surface area contributed by atoms with E-state index < -0.39 is 0 Å². The third-order valence-corrected chi connectivity index (χ3v) is 0.603. The van der Waals surface area contributed by atoms with Crippen LogP contribution in [0, 0.1) is 0 Å². The van der Waals surface area contributed by atoms with Crippen LogP contribution in [0.1, 0.15) is 20.8 Å². The molecule has 4 heteroatoms. The van der Waals surface area contributed by atoms with Gasteiger partial charge in [-0.25, -0.2) is 4.79 Å². The smallest absolute Gasteiger partial charge is 0.407 e. The first-order valence-corrected chi connectivity index (χ1v) is 2.86. The zero-order valence-electron chi connectivity index (χ0n) is 6.72. The molecule has 0 unspecified atom stereocenters. The number of hydrogen-bond donors (Lipinski definition) is 1. The van der Waals surface area contributed by atoms with Crippen molar-refractivity contribution in [3.63, 3.8) is 0 Å². The van der Waals surface area contributed by atoms with Crippen LogP contribution in [0.3, 0.4) is 0 Å². The van der Waals surface area contributed by atoms with Crippen LogP contribution in [0.2, 0.25) is 0 Å². The lowest BCUT2D eigenvalue weighted by Crippen LogP contribution is -2.30. The van der Waals surface area contributed by atoms with Gasteiger partial charge in [-0.3, -0.25) is 0 Å². The normalized spacial score (nSPS) is 9.60. The molecule has 0 spiro atoms. The molecule has 0 aromatic heterocycles. The summed E-state index contributed by atoms with van der Waals surface area (Å²) in [5.41, 5.74) is -0.389. The lowest BCUT2D eigenvalue weighted by atomic mass is 10.2. The van der Waals surface area contributed by atoms with Crippen molar-refractivity contribution < 1.29 is 9.53 Å². The van der Waals surface area contributed by atoms with Gasteiger partial charge < -0.3 is 10.1 Å². The summed E-state index contributed by atoms with van der Waals surface area (Å²) in [6.45, 7) is 5.46. The summed E-state index contributed by atoms with van der Waals surface area (Å²) in [5, 5.41) is 2.36. The van der Waals surface area contributed by atoms with Gasteiger partial charge in [0.05, 0.1) is 0 Å². The summed E-state index contributed by atoms with van der Waals surface area (Å²) in [7, 11) is 1.54. The van der Waals surface area contributed by atoms with Crippen LogP contribution in [0.5, 0.6) is 0 Å². The van der Waals surface area contributed by atoms with Crippen LogP contribution in [-0.4, -0.2) is 18.7 Å². The Hall–Kier alpha value is -0.440. The highest BCUT2D eigenvalue weighted by Crippen LogP contribution is 2.05. The molecular formula is C6H14ClNO2. The summed E-state index contributed by atoms with van der Waals surface area (Å²) in [6.07, 6.45) is -0.387. The number of ether oxygens (including phenoxy) is 1. The van der Waals surface area contributed by atoms with E-state index in [9.17, 15) is 4.79 Å². The lowest BCUT2D eigenvalue weighted by Gasteiger charge is -2.18. The summed E-state index contributed by atoms with van der Waals surface area (Å²) < 4.78 is 4.84. The van der Waals surface area contributed by atoms with Gasteiger partial charge in [0.15, 0.2) is 0 Å². The third kappa shape index (κ3) is 7.56. The minimum Gasteiger partial charge on any atom is -0.444 e. The summed E-state index contributed by atoms with van der Waals surface area (Å²) in [5.74, 6) is 0. The Bertz CT molecular complexity index is 109. The minimum atomic E-state index is -0.389. The molecule has 0 radical (unpaired) electrons. The molecule has 0 saturated heterocycles. The van der Waals surface area contributed by atoms with Crippen molar-refractivity contribution in [2.75, 3.05) is 7.05 Å². The quantitative estimate of drug-likeness (QED) is 0.595. The van der Waals surface area contributed by atoms with E-state index in [1.165, 1.54) is 7.05 Å². The number of amides is 1. The fourth-order valence-electron chi connectivity index (χ4n) is 0.329. The molecule has 0 fully saturated rings. The van der Waals surface area contributed by atoms with E-state index in [2.05, 4.69) is 5.32 Å². The van der Waals surface area contributed by atoms with Crippen LogP contribution in [0.15, 0.2) is 0 Å². The van der Waals surface area contributed by atoms with Crippen LogP contribution in [-0.2, 0) is 4.74 Å². The van der Waals surface area contributed by atoms with Gasteiger partial charge in [-0.2, -0.15) is 0 Å². The van der Waals surface area contributed by atoms with Crippen LogP contribution < -0.4 is 5.32 Å². The molecule has 0 aromatic carbocycles. The van der Waals surface area contributed by atoms with E-state index in [-0.39, 0.29) is 24.1 Å². The van der Waals surface area contributed by atoms with Gasteiger partial charge >= 0.3 is 6.09 Å². The molecule has 10 heavy (non-hydrogen) atoms. The van der Waals surface area contributed by atoms with Crippen molar-refractivity contribution in [1.29, 1.82) is 0 Å². The molecule has 0 aromatic rings. The van der Waals surface area contributed by atoms with Gasteiger partial charge in [-0.1, -0.05) is 0 Å². The van der Waals surface area contributed by atoms with Crippen LogP contribution in [0.4, 0.5) is 4.79 Å². The van der Waals surface area contributed by atoms with Gasteiger partial charge in [0, 0.05) is 7.05 Å². The van der Waals surface area contributed by atoms with E-state index in [0.29, 0.717) is 0 Å². The molecule has 0 atom stereocenters. The zero-order chi connectivity index (χ0) is 7.49. The topological polar surface area (TPSA) is 38.3 Å². The molecule has 0 aliphatic heterocycles. The zero-order valence-corrected chi connectivity index (χ0v) is 7.54. The molecule has 0 rings (SSSR count). The Labute approximate surface area is 67.5 Å². The first kappa shape index (κ1) is 12.3. The number of rotatable bonds is 0. The summed E-state index contributed by atoms with van der Waals surface area (Å²) in [4.78, 5) is 10.5. The summed E-state index contributed by atoms with van der Waals surface area (Å²) >= 11 is 0. The van der Waals surface area contributed by atoms with Crippen molar-refractivity contribution >= 4 is 18.5 Å². The number of halogens is 1. The second-order valence-electron chi connectivity index (χ2n) is 2.75. The van der Waals surface area contributed by atoms with E-state index in [0.717, 1.165) is 0 Å². The first-order chi connectivity index (χ1) is 3.95. The number of carbonyl (C=O) groups is 1. The standard InChI is InChI=1S/C6H13NO2.ClH/c1-6(2,3)9-5(8)7-4;/h1-4H3,(H,7,8);1H. The highest BCUT2D eigenvalue weighted by molar-refractivity contribution is 5.85. The van der Waals surface area contributed by atoms with Crippen molar-refractivity contribution in [2.45, 2.75) is 26.4 Å². The molecule has 0 aliphatic carbocycles. The highest BCUT2D eigenvalue weighted by atomic mass is 35.5. The molecular weight excluding hydrogens is 154 g/mol. The molecule has 1 amide bonds. The first-order valence-electron chi connectivity index (χ1n) is 2.86. The van der Waals surface area contributed by atoms with Crippen LogP contribution >= 0.6 is 12.4 Å². The number of nitrogens with one attached hydrogen (secondary N) is 1. The predicted octanol–water partition coefficient (Wildman–Crippen LogP) is 1.56. The van der Waals surface area contributed by atoms with E-state index in [4.69, 9.17) is 4.74 Å². The molecule has 0 bridgehead atoms. The van der Waals surface area contributed by atoms with Gasteiger partial charge in [0.25, 0.3) is 0 Å². The number of hydrogen-bond acceptors (Lipinski definition) is 2. The van der Waals surface area contributed by atoms with Gasteiger partial charge in [-0.05, 0) is 20.8 Å². The second-order valence-corrected chi connectivity index (χ2v) is 2.75. The fraction of sp³-hybridized carbons (Fsp3) is 0.833. The molecule has 0 heterocycles. The predicted molar refractivity (Wildman–Crippen MR) is 42.5 cm³/mol. The Kier molecular flexibility index (Phi) is 5.38. The average molecular weight is 168 g/mol. The molecule has 62 valence electrons. The van der Waals surface area contributed by atoms with Crippen molar-refractivity contribution in [3.8, 4) is 0 Å². The molecule has 0 aliphatic rings. The highest BCUT2D eigenvalue weighted by Gasteiger charge is 2.13. The van der Waals surface area contributed by atoms with Crippen molar-refractivity contribution in [1.82, 2.24) is 5.32 Å². The van der Waals surface area contributed by atoms with Crippen LogP contribution in [0.25, 0.3) is 0 Å². The van der Waals surface area contributed by atoms with Gasteiger partial charge in [-0.15, -0.1) is 12.4 Å². The van der Waals surface area contributed by atoms with E-state index >= 15 is 0 Å². The number of alkyl carbamates (subject to hydrolysis) is 1. The third-order valence-electron chi connectivity index (χ3n) is 0.603. The van der Waals surface area contributed by atoms with Gasteiger partial charge in [0.2, 0.25) is 0 Å². The maximum atomic E-state index is 10.5. The Morgan fingerprint density at radius 3 is 1.90 bits per heavy atom. The van der Waals surface area contributed by atoms with Gasteiger partial charge in [0.1, 0.15) is 5.60 Å². The maximum Gasteiger partial charge on any atom is 0.407 e. The fourth-order valence-corrected chi connectivity index (χ4v) is 0.329. The average Bonchev–Trinajstić information content (AvgIpc) is 1.62. The lowest BCUT2D eigenvalue weighted by molar-refractivity contribution is 0.0541. The van der Waals surface area contributed by atoms with Crippen molar-refractivity contribution in [3.05, 3.63) is 0 Å². The Morgan fingerprint density at radius 1 is 1.40 bits per heavy atom. The molecule has 0 saturated carbocycles. The Balaban J connectivity index is 0. The monoisotopic (exact) mass is 167 g/mol. The van der Waals surface area contributed by atoms with Crippen molar-refractivity contribution in [2.24, 2.45) is 0 Å². The number of carbonyl (C=O) groups excluding carboxylic acids is 1. The molecule has 3 nitrogen and oxygen atoms in total. The Morgan fingerprint density at radius 2 is 1.80 bits per heavy atom. The maximum absolute atomic E-state index is 10.5. The van der Waals surface area contributed by atoms with E-state index in [1.54, 1.807) is 0 Å².